The van der Waals surface area contributed by atoms with Gasteiger partial charge in [0.2, 0.25) is 0 Å². The average Bonchev–Trinajstić information content (AvgIpc) is 3.11. The molecular formula is C22H35N6P. The van der Waals surface area contributed by atoms with Gasteiger partial charge in [-0.3, -0.25) is 4.98 Å². The van der Waals surface area contributed by atoms with Crippen molar-refractivity contribution < 1.29 is 0 Å². The first-order valence-corrected chi connectivity index (χ1v) is 11.8. The Morgan fingerprint density at radius 1 is 1.31 bits per heavy atom. The molecule has 2 aromatic heterocycles. The lowest BCUT2D eigenvalue weighted by molar-refractivity contribution is 0.520. The number of pyridine rings is 1. The minimum Gasteiger partial charge on any atom is -0.385 e. The van der Waals surface area contributed by atoms with Crippen LogP contribution in [0.2, 0.25) is 0 Å². The van der Waals surface area contributed by atoms with E-state index in [0.717, 1.165) is 57.3 Å². The van der Waals surface area contributed by atoms with Gasteiger partial charge in [-0.05, 0) is 51.5 Å². The zero-order valence-electron chi connectivity index (χ0n) is 18.1. The van der Waals surface area contributed by atoms with Crippen molar-refractivity contribution in [2.45, 2.75) is 46.2 Å². The molecule has 0 fully saturated rings. The molecule has 29 heavy (non-hydrogen) atoms. The van der Waals surface area contributed by atoms with Crippen molar-refractivity contribution in [2.24, 2.45) is 0 Å². The van der Waals surface area contributed by atoms with Crippen LogP contribution < -0.4 is 21.3 Å². The van der Waals surface area contributed by atoms with E-state index in [1.165, 1.54) is 5.30 Å². The minimum atomic E-state index is 0.567. The summed E-state index contributed by atoms with van der Waals surface area (Å²) in [5.74, 6) is 0.908. The highest BCUT2D eigenvalue weighted by atomic mass is 31.1. The highest BCUT2D eigenvalue weighted by Gasteiger charge is 2.10. The molecule has 0 saturated heterocycles. The Kier molecular flexibility index (Phi) is 9.89. The quantitative estimate of drug-likeness (QED) is 0.267. The molecule has 2 heterocycles. The van der Waals surface area contributed by atoms with E-state index in [9.17, 15) is 0 Å². The second-order valence-corrected chi connectivity index (χ2v) is 8.16. The van der Waals surface area contributed by atoms with E-state index >= 15 is 0 Å². The molecule has 7 heteroatoms. The summed E-state index contributed by atoms with van der Waals surface area (Å²) in [5.41, 5.74) is 3.15. The monoisotopic (exact) mass is 414 g/mol. The molecule has 0 bridgehead atoms. The first-order chi connectivity index (χ1) is 14.0. The van der Waals surface area contributed by atoms with Gasteiger partial charge in [-0.25, -0.2) is 4.68 Å². The van der Waals surface area contributed by atoms with Crippen molar-refractivity contribution >= 4 is 19.7 Å². The van der Waals surface area contributed by atoms with Crippen LogP contribution in [0.1, 0.15) is 37.9 Å². The molecule has 2 unspecified atom stereocenters. The lowest BCUT2D eigenvalue weighted by Crippen LogP contribution is -2.28. The lowest BCUT2D eigenvalue weighted by Gasteiger charge is -2.15. The van der Waals surface area contributed by atoms with Crippen molar-refractivity contribution in [2.75, 3.05) is 19.8 Å². The molecule has 0 aliphatic rings. The molecule has 2 rings (SSSR count). The number of allylic oxidation sites excluding steroid dienone is 1. The van der Waals surface area contributed by atoms with Gasteiger partial charge < -0.3 is 16.0 Å². The zero-order valence-corrected chi connectivity index (χ0v) is 19.1. The molecule has 0 radical (unpaired) electrons. The first-order valence-electron chi connectivity index (χ1n) is 10.3. The normalized spacial score (nSPS) is 13.0. The Balaban J connectivity index is 2.01. The van der Waals surface area contributed by atoms with Gasteiger partial charge in [0, 0.05) is 48.6 Å². The molecule has 6 nitrogen and oxygen atoms in total. The molecule has 0 aromatic carbocycles. The fourth-order valence-corrected chi connectivity index (χ4v) is 3.48. The Morgan fingerprint density at radius 3 is 2.79 bits per heavy atom. The van der Waals surface area contributed by atoms with Crippen molar-refractivity contribution in [3.05, 3.63) is 60.3 Å². The Labute approximate surface area is 177 Å². The largest absolute Gasteiger partial charge is 0.385 e. The topological polar surface area (TPSA) is 66.8 Å². The Bertz CT molecular complexity index is 784. The van der Waals surface area contributed by atoms with Gasteiger partial charge in [0.25, 0.3) is 0 Å². The van der Waals surface area contributed by atoms with Crippen LogP contribution in [0.5, 0.6) is 0 Å². The summed E-state index contributed by atoms with van der Waals surface area (Å²) >= 11 is 0. The molecule has 0 saturated carbocycles. The maximum absolute atomic E-state index is 4.59. The molecule has 158 valence electrons. The number of aromatic nitrogens is 3. The number of hydrogen-bond donors (Lipinski definition) is 3. The second kappa shape index (κ2) is 12.4. The summed E-state index contributed by atoms with van der Waals surface area (Å²) in [6, 6.07) is 4.57. The van der Waals surface area contributed by atoms with Crippen LogP contribution >= 0.6 is 8.58 Å². The van der Waals surface area contributed by atoms with Crippen LogP contribution in [-0.2, 0) is 6.54 Å². The van der Waals surface area contributed by atoms with Crippen molar-refractivity contribution in [1.29, 1.82) is 0 Å². The van der Waals surface area contributed by atoms with E-state index in [0.29, 0.717) is 12.6 Å². The number of nitrogens with zero attached hydrogens (tertiary/aromatic N) is 3. The number of nitrogens with one attached hydrogen (secondary N) is 3. The van der Waals surface area contributed by atoms with Gasteiger partial charge in [0.05, 0.1) is 11.9 Å². The third-order valence-electron chi connectivity index (χ3n) is 4.83. The van der Waals surface area contributed by atoms with Crippen LogP contribution in [0.15, 0.2) is 49.1 Å². The highest BCUT2D eigenvalue weighted by Crippen LogP contribution is 2.13. The second-order valence-electron chi connectivity index (χ2n) is 7.12. The molecule has 0 amide bonds. The Hall–Kier alpha value is -2.17. The number of hydrogen-bond acceptors (Lipinski definition) is 5. The molecule has 2 aromatic rings. The third-order valence-corrected chi connectivity index (χ3v) is 5.86. The summed E-state index contributed by atoms with van der Waals surface area (Å²) in [4.78, 5) is 4.19. The average molecular weight is 415 g/mol. The van der Waals surface area contributed by atoms with Gasteiger partial charge in [-0.2, -0.15) is 5.10 Å². The predicted octanol–water partition coefficient (Wildman–Crippen LogP) is 2.99. The summed E-state index contributed by atoms with van der Waals surface area (Å²) in [7, 11) is 0.718. The Morgan fingerprint density at radius 2 is 2.14 bits per heavy atom. The van der Waals surface area contributed by atoms with Gasteiger partial charge in [0.15, 0.2) is 0 Å². The predicted molar refractivity (Wildman–Crippen MR) is 126 cm³/mol. The maximum Gasteiger partial charge on any atom is 0.130 e. The fraction of sp³-hybridized carbons (Fsp3) is 0.455. The summed E-state index contributed by atoms with van der Waals surface area (Å²) < 4.78 is 1.96. The molecule has 2 atom stereocenters. The van der Waals surface area contributed by atoms with Gasteiger partial charge in [0.1, 0.15) is 5.82 Å². The van der Waals surface area contributed by atoms with E-state index in [2.05, 4.69) is 66.1 Å². The van der Waals surface area contributed by atoms with Crippen LogP contribution in [0, 0.1) is 6.92 Å². The summed E-state index contributed by atoms with van der Waals surface area (Å²) in [6.45, 7) is 15.4. The van der Waals surface area contributed by atoms with Gasteiger partial charge >= 0.3 is 0 Å². The van der Waals surface area contributed by atoms with Gasteiger partial charge in [-0.15, -0.1) is 0 Å². The smallest absolute Gasteiger partial charge is 0.130 e. The first kappa shape index (κ1) is 23.1. The van der Waals surface area contributed by atoms with Crippen LogP contribution in [-0.4, -0.2) is 40.6 Å². The third kappa shape index (κ3) is 7.64. The molecule has 0 aliphatic carbocycles. The van der Waals surface area contributed by atoms with Crippen molar-refractivity contribution in [3.63, 3.8) is 0 Å². The highest BCUT2D eigenvalue weighted by molar-refractivity contribution is 7.46. The summed E-state index contributed by atoms with van der Waals surface area (Å²) in [6.07, 6.45) is 9.84. The molecule has 3 N–H and O–H groups in total. The van der Waals surface area contributed by atoms with Crippen molar-refractivity contribution in [3.8, 4) is 0 Å². The lowest BCUT2D eigenvalue weighted by atomic mass is 10.2. The number of rotatable bonds is 13. The minimum absolute atomic E-state index is 0.567. The van der Waals surface area contributed by atoms with Crippen LogP contribution in [0.25, 0.3) is 5.82 Å². The standard InChI is InChI=1S/C22H35N6P/c1-6-17(2)24-11-8-12-25-18(3)13-22(26-15-20-9-7-10-23-14-20)28-19(4)21(29-5)16-27-28/h7,9-10,13-14,16-17,24-26,29H,3,6,8,11-12,15H2,1-2,4-5H3/b22-13-. The molecular weight excluding hydrogens is 379 g/mol. The zero-order chi connectivity index (χ0) is 21.1. The maximum atomic E-state index is 4.59. The van der Waals surface area contributed by atoms with Crippen molar-refractivity contribution in [1.82, 2.24) is 30.7 Å². The van der Waals surface area contributed by atoms with E-state index in [4.69, 9.17) is 0 Å². The SMILES string of the molecule is C=C(/C=C(/NCc1cccnc1)n1ncc(PC)c1C)NCCCNC(C)CC. The summed E-state index contributed by atoms with van der Waals surface area (Å²) in [5, 5.41) is 16.3. The van der Waals surface area contributed by atoms with E-state index in [1.54, 1.807) is 6.20 Å². The molecule has 0 aliphatic heterocycles. The molecule has 0 spiro atoms. The van der Waals surface area contributed by atoms with E-state index in [1.807, 2.05) is 29.2 Å². The van der Waals surface area contributed by atoms with E-state index in [-0.39, 0.29) is 0 Å². The van der Waals surface area contributed by atoms with Crippen LogP contribution in [0.3, 0.4) is 0 Å². The van der Waals surface area contributed by atoms with Crippen LogP contribution in [0.4, 0.5) is 0 Å². The van der Waals surface area contributed by atoms with Gasteiger partial charge in [-0.1, -0.05) is 28.1 Å². The van der Waals surface area contributed by atoms with E-state index < -0.39 is 0 Å². The fourth-order valence-electron chi connectivity index (χ4n) is 2.83.